The summed E-state index contributed by atoms with van der Waals surface area (Å²) in [4.78, 5) is 0. The van der Waals surface area contributed by atoms with Crippen LogP contribution in [0.4, 0.5) is 0 Å². The Hall–Kier alpha value is -0.600. The predicted molar refractivity (Wildman–Crippen MR) is 70.8 cm³/mol. The maximum Gasteiger partial charge on any atom is 0.156 e. The summed E-state index contributed by atoms with van der Waals surface area (Å²) >= 11 is 0. The monoisotopic (exact) mass is 273 g/mol. The molecule has 1 fully saturated rings. The quantitative estimate of drug-likeness (QED) is 0.743. The summed E-state index contributed by atoms with van der Waals surface area (Å²) in [5, 5.41) is 8.64. The molecule has 0 aromatic heterocycles. The van der Waals surface area contributed by atoms with Gasteiger partial charge in [-0.2, -0.15) is 5.26 Å². The van der Waals surface area contributed by atoms with Gasteiger partial charge in [-0.3, -0.25) is 0 Å². The van der Waals surface area contributed by atoms with Crippen molar-refractivity contribution in [1.29, 1.82) is 5.26 Å². The van der Waals surface area contributed by atoms with Crippen molar-refractivity contribution in [3.63, 3.8) is 0 Å². The Morgan fingerprint density at radius 3 is 2.67 bits per heavy atom. The topological polar surface area (TPSA) is 67.2 Å². The molecule has 0 aromatic rings. The molecule has 0 N–H and O–H groups in total. The van der Waals surface area contributed by atoms with E-state index in [-0.39, 0.29) is 18.3 Å². The summed E-state index contributed by atoms with van der Waals surface area (Å²) in [6.45, 7) is 2.33. The van der Waals surface area contributed by atoms with Crippen LogP contribution >= 0.6 is 0 Å². The lowest BCUT2D eigenvalue weighted by molar-refractivity contribution is 0.216. The zero-order valence-corrected chi connectivity index (χ0v) is 12.1. The standard InChI is InChI=1S/C13H23NO3S/c1-3-4-11-5-6-12(10-14)13(9-11)18(15,16)8-7-17-2/h11-13H,3-9H2,1-2H3. The second kappa shape index (κ2) is 7.10. The number of ether oxygens (including phenoxy) is 1. The molecular weight excluding hydrogens is 250 g/mol. The van der Waals surface area contributed by atoms with Crippen molar-refractivity contribution < 1.29 is 13.2 Å². The first-order chi connectivity index (χ1) is 8.55. The molecule has 0 spiro atoms. The Balaban J connectivity index is 2.77. The fourth-order valence-corrected chi connectivity index (χ4v) is 4.74. The minimum Gasteiger partial charge on any atom is -0.384 e. The van der Waals surface area contributed by atoms with E-state index >= 15 is 0 Å². The van der Waals surface area contributed by atoms with Crippen LogP contribution in [-0.2, 0) is 14.6 Å². The highest BCUT2D eigenvalue weighted by Crippen LogP contribution is 2.35. The van der Waals surface area contributed by atoms with Gasteiger partial charge in [0.25, 0.3) is 0 Å². The van der Waals surface area contributed by atoms with Crippen LogP contribution in [0.5, 0.6) is 0 Å². The third-order valence-electron chi connectivity index (χ3n) is 3.80. The lowest BCUT2D eigenvalue weighted by Gasteiger charge is -2.32. The van der Waals surface area contributed by atoms with Gasteiger partial charge in [-0.25, -0.2) is 8.42 Å². The highest BCUT2D eigenvalue weighted by atomic mass is 32.2. The molecule has 0 aliphatic heterocycles. The number of nitrogens with zero attached hydrogens (tertiary/aromatic N) is 1. The first-order valence-corrected chi connectivity index (χ1v) is 8.36. The van der Waals surface area contributed by atoms with Gasteiger partial charge in [0.05, 0.1) is 29.6 Å². The fourth-order valence-electron chi connectivity index (χ4n) is 2.78. The van der Waals surface area contributed by atoms with Crippen molar-refractivity contribution in [2.45, 2.75) is 44.3 Å². The Bertz CT molecular complexity index is 386. The number of rotatable bonds is 6. The molecule has 0 saturated heterocycles. The largest absolute Gasteiger partial charge is 0.384 e. The van der Waals surface area contributed by atoms with Gasteiger partial charge in [0.2, 0.25) is 0 Å². The van der Waals surface area contributed by atoms with E-state index in [1.807, 2.05) is 0 Å². The molecule has 0 aromatic carbocycles. The third kappa shape index (κ3) is 3.96. The molecule has 1 aliphatic rings. The minimum atomic E-state index is -3.21. The minimum absolute atomic E-state index is 0.0329. The Morgan fingerprint density at radius 2 is 2.11 bits per heavy atom. The smallest absolute Gasteiger partial charge is 0.156 e. The number of sulfone groups is 1. The first kappa shape index (κ1) is 15.5. The molecule has 104 valence electrons. The molecule has 18 heavy (non-hydrogen) atoms. The average Bonchev–Trinajstić information content (AvgIpc) is 2.37. The van der Waals surface area contributed by atoms with Crippen LogP contribution < -0.4 is 0 Å². The Labute approximate surface area is 110 Å². The SMILES string of the molecule is CCCC1CCC(C#N)C(S(=O)(=O)CCOC)C1. The molecule has 3 unspecified atom stereocenters. The van der Waals surface area contributed by atoms with E-state index in [1.165, 1.54) is 7.11 Å². The lowest BCUT2D eigenvalue weighted by atomic mass is 9.80. The molecule has 3 atom stereocenters. The van der Waals surface area contributed by atoms with Gasteiger partial charge in [-0.1, -0.05) is 19.8 Å². The molecule has 0 amide bonds. The summed E-state index contributed by atoms with van der Waals surface area (Å²) in [6.07, 6.45) is 4.50. The van der Waals surface area contributed by atoms with Crippen molar-refractivity contribution >= 4 is 9.84 Å². The van der Waals surface area contributed by atoms with Gasteiger partial charge in [0.1, 0.15) is 0 Å². The van der Waals surface area contributed by atoms with Gasteiger partial charge in [0.15, 0.2) is 9.84 Å². The highest BCUT2D eigenvalue weighted by molar-refractivity contribution is 7.92. The highest BCUT2D eigenvalue weighted by Gasteiger charge is 2.38. The van der Waals surface area contributed by atoms with Gasteiger partial charge < -0.3 is 4.74 Å². The molecule has 0 bridgehead atoms. The van der Waals surface area contributed by atoms with Crippen molar-refractivity contribution in [3.8, 4) is 6.07 Å². The molecule has 1 aliphatic carbocycles. The summed E-state index contributed by atoms with van der Waals surface area (Å²) in [6, 6.07) is 2.18. The van der Waals surface area contributed by atoms with Crippen LogP contribution in [0.15, 0.2) is 0 Å². The van der Waals surface area contributed by atoms with Crippen LogP contribution in [0.2, 0.25) is 0 Å². The second-order valence-electron chi connectivity index (χ2n) is 5.10. The summed E-state index contributed by atoms with van der Waals surface area (Å²) in [5.74, 6) is 0.160. The van der Waals surface area contributed by atoms with E-state index in [0.717, 1.165) is 25.7 Å². The van der Waals surface area contributed by atoms with E-state index in [4.69, 9.17) is 10.00 Å². The molecule has 5 heteroatoms. The molecule has 1 saturated carbocycles. The summed E-state index contributed by atoms with van der Waals surface area (Å²) < 4.78 is 29.3. The van der Waals surface area contributed by atoms with Crippen LogP contribution in [0.1, 0.15) is 39.0 Å². The van der Waals surface area contributed by atoms with E-state index < -0.39 is 15.1 Å². The number of hydrogen-bond donors (Lipinski definition) is 0. The zero-order chi connectivity index (χ0) is 13.6. The van der Waals surface area contributed by atoms with Crippen molar-refractivity contribution in [2.75, 3.05) is 19.5 Å². The van der Waals surface area contributed by atoms with Gasteiger partial charge in [-0.05, 0) is 25.2 Å². The van der Waals surface area contributed by atoms with Crippen LogP contribution in [0.25, 0.3) is 0 Å². The molecule has 0 heterocycles. The Morgan fingerprint density at radius 1 is 1.39 bits per heavy atom. The normalized spacial score (nSPS) is 28.8. The maximum atomic E-state index is 12.2. The van der Waals surface area contributed by atoms with Crippen LogP contribution in [0, 0.1) is 23.2 Å². The Kier molecular flexibility index (Phi) is 6.10. The molecule has 1 rings (SSSR count). The summed E-state index contributed by atoms with van der Waals surface area (Å²) in [7, 11) is -1.71. The van der Waals surface area contributed by atoms with Crippen LogP contribution in [-0.4, -0.2) is 33.1 Å². The van der Waals surface area contributed by atoms with Crippen molar-refractivity contribution in [1.82, 2.24) is 0 Å². The van der Waals surface area contributed by atoms with Crippen LogP contribution in [0.3, 0.4) is 0 Å². The molecular formula is C13H23NO3S. The molecule has 4 nitrogen and oxygen atoms in total. The number of hydrogen-bond acceptors (Lipinski definition) is 4. The lowest BCUT2D eigenvalue weighted by Crippen LogP contribution is -2.37. The first-order valence-electron chi connectivity index (χ1n) is 6.65. The average molecular weight is 273 g/mol. The third-order valence-corrected chi connectivity index (χ3v) is 5.98. The zero-order valence-electron chi connectivity index (χ0n) is 11.3. The van der Waals surface area contributed by atoms with E-state index in [9.17, 15) is 8.42 Å². The van der Waals surface area contributed by atoms with Gasteiger partial charge in [0, 0.05) is 7.11 Å². The number of nitriles is 1. The van der Waals surface area contributed by atoms with E-state index in [2.05, 4.69) is 13.0 Å². The molecule has 0 radical (unpaired) electrons. The van der Waals surface area contributed by atoms with Gasteiger partial charge >= 0.3 is 0 Å². The predicted octanol–water partition coefficient (Wildman–Crippen LogP) is 2.16. The van der Waals surface area contributed by atoms with Crippen molar-refractivity contribution in [3.05, 3.63) is 0 Å². The summed E-state index contributed by atoms with van der Waals surface area (Å²) in [5.41, 5.74) is 0. The van der Waals surface area contributed by atoms with Gasteiger partial charge in [-0.15, -0.1) is 0 Å². The van der Waals surface area contributed by atoms with E-state index in [1.54, 1.807) is 0 Å². The maximum absolute atomic E-state index is 12.2. The number of methoxy groups -OCH3 is 1. The second-order valence-corrected chi connectivity index (χ2v) is 7.44. The fraction of sp³-hybridized carbons (Fsp3) is 0.923. The van der Waals surface area contributed by atoms with Crippen molar-refractivity contribution in [2.24, 2.45) is 11.8 Å². The van der Waals surface area contributed by atoms with E-state index in [0.29, 0.717) is 12.3 Å².